The maximum Gasteiger partial charge on any atom is -0.0295 e. The topological polar surface area (TPSA) is 0 Å². The molecule has 0 heteroatoms. The van der Waals surface area contributed by atoms with Crippen LogP contribution < -0.4 is 0 Å². The van der Waals surface area contributed by atoms with E-state index in [2.05, 4.69) is 6.92 Å². The van der Waals surface area contributed by atoms with Gasteiger partial charge in [-0.25, -0.2) is 0 Å². The maximum atomic E-state index is 2.36. The van der Waals surface area contributed by atoms with Crippen molar-refractivity contribution < 1.29 is 0 Å². The van der Waals surface area contributed by atoms with E-state index >= 15 is 0 Å². The number of hydrogen-bond donors (Lipinski definition) is 0. The molecule has 0 aromatic carbocycles. The van der Waals surface area contributed by atoms with E-state index in [-0.39, 0.29) is 0 Å². The fraction of sp³-hybridized carbons (Fsp3) is 1.00. The van der Waals surface area contributed by atoms with E-state index in [0.717, 1.165) is 11.3 Å². The molecule has 0 radical (unpaired) electrons. The van der Waals surface area contributed by atoms with Gasteiger partial charge in [-0.05, 0) is 37.0 Å². The van der Waals surface area contributed by atoms with E-state index in [4.69, 9.17) is 0 Å². The lowest BCUT2D eigenvalue weighted by atomic mass is 9.58. The Labute approximate surface area is 70.4 Å². The minimum Gasteiger partial charge on any atom is -0.0651 e. The molecule has 1 spiro atoms. The normalized spacial score (nSPS) is 35.2. The van der Waals surface area contributed by atoms with Crippen molar-refractivity contribution >= 4 is 0 Å². The van der Waals surface area contributed by atoms with Crippen molar-refractivity contribution in [2.45, 2.75) is 58.3 Å². The third kappa shape index (κ3) is 1.32. The molecule has 2 fully saturated rings. The van der Waals surface area contributed by atoms with Gasteiger partial charge in [0, 0.05) is 0 Å². The molecule has 11 heavy (non-hydrogen) atoms. The van der Waals surface area contributed by atoms with Crippen molar-refractivity contribution in [1.29, 1.82) is 0 Å². The molecule has 64 valence electrons. The van der Waals surface area contributed by atoms with Gasteiger partial charge >= 0.3 is 0 Å². The van der Waals surface area contributed by atoms with Crippen molar-refractivity contribution in [2.75, 3.05) is 0 Å². The van der Waals surface area contributed by atoms with Gasteiger partial charge in [-0.15, -0.1) is 0 Å². The first kappa shape index (κ1) is 7.64. The standard InChI is InChI=1S/C11H20/c1-2-10-5-3-6-11(9-10)7-4-8-11/h10H,2-9H2,1H3. The minimum absolute atomic E-state index is 0.874. The second-order valence-corrected chi connectivity index (χ2v) is 4.72. The molecule has 0 bridgehead atoms. The van der Waals surface area contributed by atoms with Crippen molar-refractivity contribution in [1.82, 2.24) is 0 Å². The Hall–Kier alpha value is 0. The lowest BCUT2D eigenvalue weighted by molar-refractivity contribution is 0.0454. The average Bonchev–Trinajstić information content (AvgIpc) is 2.02. The Kier molecular flexibility index (Phi) is 1.95. The van der Waals surface area contributed by atoms with Gasteiger partial charge in [0.15, 0.2) is 0 Å². The summed E-state index contributed by atoms with van der Waals surface area (Å²) in [4.78, 5) is 0. The Morgan fingerprint density at radius 3 is 2.45 bits per heavy atom. The third-order valence-electron chi connectivity index (χ3n) is 4.03. The van der Waals surface area contributed by atoms with Crippen LogP contribution >= 0.6 is 0 Å². The second kappa shape index (κ2) is 2.80. The smallest absolute Gasteiger partial charge is 0.0295 e. The van der Waals surface area contributed by atoms with Crippen LogP contribution in [0.1, 0.15) is 58.3 Å². The molecule has 1 unspecified atom stereocenters. The molecule has 0 aromatic heterocycles. The van der Waals surface area contributed by atoms with Gasteiger partial charge in [0.1, 0.15) is 0 Å². The first-order valence-electron chi connectivity index (χ1n) is 5.35. The summed E-state index contributed by atoms with van der Waals surface area (Å²) in [6.45, 7) is 2.36. The Balaban J connectivity index is 1.92. The molecule has 0 amide bonds. The second-order valence-electron chi connectivity index (χ2n) is 4.72. The zero-order chi connectivity index (χ0) is 7.73. The molecule has 0 N–H and O–H groups in total. The van der Waals surface area contributed by atoms with Crippen molar-refractivity contribution in [2.24, 2.45) is 11.3 Å². The van der Waals surface area contributed by atoms with Gasteiger partial charge < -0.3 is 0 Å². The van der Waals surface area contributed by atoms with Gasteiger partial charge in [-0.2, -0.15) is 0 Å². The van der Waals surface area contributed by atoms with E-state index < -0.39 is 0 Å². The molecule has 2 saturated carbocycles. The van der Waals surface area contributed by atoms with Gasteiger partial charge in [-0.3, -0.25) is 0 Å². The van der Waals surface area contributed by atoms with E-state index in [9.17, 15) is 0 Å². The molecular formula is C11H20. The Bertz CT molecular complexity index is 133. The zero-order valence-corrected chi connectivity index (χ0v) is 7.73. The third-order valence-corrected chi connectivity index (χ3v) is 4.03. The van der Waals surface area contributed by atoms with Crippen LogP contribution in [0.2, 0.25) is 0 Å². The van der Waals surface area contributed by atoms with Crippen LogP contribution in [0, 0.1) is 11.3 Å². The predicted octanol–water partition coefficient (Wildman–Crippen LogP) is 3.76. The number of hydrogen-bond acceptors (Lipinski definition) is 0. The summed E-state index contributed by atoms with van der Waals surface area (Å²) in [6.07, 6.45) is 12.3. The first-order valence-corrected chi connectivity index (χ1v) is 5.35. The summed E-state index contributed by atoms with van der Waals surface area (Å²) in [5.74, 6) is 1.09. The largest absolute Gasteiger partial charge is 0.0651 e. The Morgan fingerprint density at radius 2 is 1.91 bits per heavy atom. The van der Waals surface area contributed by atoms with E-state index in [1.807, 2.05) is 0 Å². The van der Waals surface area contributed by atoms with Crippen LogP contribution in [0.15, 0.2) is 0 Å². The molecule has 2 aliphatic carbocycles. The van der Waals surface area contributed by atoms with Crippen molar-refractivity contribution in [3.05, 3.63) is 0 Å². The minimum atomic E-state index is 0.874. The predicted molar refractivity (Wildman–Crippen MR) is 48.5 cm³/mol. The van der Waals surface area contributed by atoms with Gasteiger partial charge in [0.05, 0.1) is 0 Å². The summed E-state index contributed by atoms with van der Waals surface area (Å²) >= 11 is 0. The lowest BCUT2D eigenvalue weighted by Crippen LogP contribution is -2.34. The van der Waals surface area contributed by atoms with Crippen molar-refractivity contribution in [3.8, 4) is 0 Å². The first-order chi connectivity index (χ1) is 5.35. The molecule has 0 heterocycles. The van der Waals surface area contributed by atoms with Crippen molar-refractivity contribution in [3.63, 3.8) is 0 Å². The molecule has 0 aromatic rings. The van der Waals surface area contributed by atoms with Crippen LogP contribution in [0.3, 0.4) is 0 Å². The molecule has 2 aliphatic rings. The molecule has 0 saturated heterocycles. The highest BCUT2D eigenvalue weighted by molar-refractivity contribution is 4.92. The highest BCUT2D eigenvalue weighted by atomic mass is 14.4. The molecule has 1 atom stereocenters. The SMILES string of the molecule is CCC1CCCC2(CCC2)C1. The number of rotatable bonds is 1. The van der Waals surface area contributed by atoms with E-state index in [0.29, 0.717) is 0 Å². The van der Waals surface area contributed by atoms with Crippen LogP contribution in [-0.2, 0) is 0 Å². The molecule has 2 rings (SSSR count). The van der Waals surface area contributed by atoms with Crippen LogP contribution in [0.5, 0.6) is 0 Å². The van der Waals surface area contributed by atoms with Gasteiger partial charge in [0.25, 0.3) is 0 Å². The fourth-order valence-electron chi connectivity index (χ4n) is 3.06. The zero-order valence-electron chi connectivity index (χ0n) is 7.73. The lowest BCUT2D eigenvalue weighted by Gasteiger charge is -2.47. The van der Waals surface area contributed by atoms with Crippen LogP contribution in [0.25, 0.3) is 0 Å². The average molecular weight is 152 g/mol. The molecule has 0 nitrogen and oxygen atoms in total. The highest BCUT2D eigenvalue weighted by Gasteiger charge is 2.40. The molecule has 0 aliphatic heterocycles. The molecular weight excluding hydrogens is 132 g/mol. The van der Waals surface area contributed by atoms with Gasteiger partial charge in [-0.1, -0.05) is 32.6 Å². The summed E-state index contributed by atoms with van der Waals surface area (Å²) in [6, 6.07) is 0. The summed E-state index contributed by atoms with van der Waals surface area (Å²) in [7, 11) is 0. The maximum absolute atomic E-state index is 2.36. The highest BCUT2D eigenvalue weighted by Crippen LogP contribution is 2.53. The summed E-state index contributed by atoms with van der Waals surface area (Å²) in [5, 5.41) is 0. The van der Waals surface area contributed by atoms with Crippen LogP contribution in [0.4, 0.5) is 0 Å². The quantitative estimate of drug-likeness (QED) is 0.536. The van der Waals surface area contributed by atoms with Crippen LogP contribution in [-0.4, -0.2) is 0 Å². The van der Waals surface area contributed by atoms with Gasteiger partial charge in [0.2, 0.25) is 0 Å². The van der Waals surface area contributed by atoms with E-state index in [1.54, 1.807) is 25.7 Å². The summed E-state index contributed by atoms with van der Waals surface area (Å²) < 4.78 is 0. The summed E-state index contributed by atoms with van der Waals surface area (Å²) in [5.41, 5.74) is 0.874. The fourth-order valence-corrected chi connectivity index (χ4v) is 3.06. The monoisotopic (exact) mass is 152 g/mol. The van der Waals surface area contributed by atoms with E-state index in [1.165, 1.54) is 25.7 Å². The Morgan fingerprint density at radius 1 is 1.18 bits per heavy atom.